The highest BCUT2D eigenvalue weighted by molar-refractivity contribution is 7.98. The van der Waals surface area contributed by atoms with E-state index in [0.29, 0.717) is 17.7 Å². The van der Waals surface area contributed by atoms with Crippen LogP contribution in [0, 0.1) is 0 Å². The highest BCUT2D eigenvalue weighted by Crippen LogP contribution is 2.42. The van der Waals surface area contributed by atoms with E-state index in [9.17, 15) is 22.8 Å². The predicted molar refractivity (Wildman–Crippen MR) is 120 cm³/mol. The van der Waals surface area contributed by atoms with E-state index >= 15 is 0 Å². The zero-order chi connectivity index (χ0) is 23.6. The fourth-order valence-corrected chi connectivity index (χ4v) is 4.25. The van der Waals surface area contributed by atoms with E-state index in [2.05, 4.69) is 10.4 Å². The van der Waals surface area contributed by atoms with Crippen LogP contribution in [0.1, 0.15) is 21.5 Å². The summed E-state index contributed by atoms with van der Waals surface area (Å²) in [7, 11) is 0. The first-order valence-corrected chi connectivity index (χ1v) is 11.2. The molecule has 3 amide bonds. The number of pyridine rings is 1. The van der Waals surface area contributed by atoms with Crippen LogP contribution in [0.3, 0.4) is 0 Å². The van der Waals surface area contributed by atoms with Crippen LogP contribution in [-0.2, 0) is 12.6 Å². The van der Waals surface area contributed by atoms with Crippen LogP contribution in [-0.4, -0.2) is 29.7 Å². The minimum Gasteiger partial charge on any atom is -0.292 e. The number of hydrogen-bond donors (Lipinski definition) is 1. The lowest BCUT2D eigenvalue weighted by Gasteiger charge is -2.29. The number of hydrazine groups is 1. The number of amides is 3. The molecule has 1 aliphatic heterocycles. The van der Waals surface area contributed by atoms with Gasteiger partial charge in [0.1, 0.15) is 0 Å². The number of halogens is 3. The molecule has 4 rings (SSSR count). The minimum atomic E-state index is -4.56. The van der Waals surface area contributed by atoms with E-state index in [4.69, 9.17) is 0 Å². The molecule has 33 heavy (non-hydrogen) atoms. The van der Waals surface area contributed by atoms with Gasteiger partial charge in [-0.1, -0.05) is 18.2 Å². The lowest BCUT2D eigenvalue weighted by atomic mass is 10.1. The lowest BCUT2D eigenvalue weighted by molar-refractivity contribution is -0.139. The average molecular weight is 472 g/mol. The van der Waals surface area contributed by atoms with Gasteiger partial charge in [-0.15, -0.1) is 11.8 Å². The number of nitrogens with zero attached hydrogens (tertiary/aromatic N) is 3. The highest BCUT2D eigenvalue weighted by Gasteiger charge is 2.38. The highest BCUT2D eigenvalue weighted by atomic mass is 32.2. The van der Waals surface area contributed by atoms with Crippen molar-refractivity contribution in [2.45, 2.75) is 17.5 Å². The number of nitrogens with one attached hydrogen (secondary N) is 1. The number of alkyl halides is 3. The SMILES string of the molecule is CSc1cc2c(cc1C(F)(F)F)N(C(=O)N(NC(=O)c1ccncc1)c1ccccc1)CC2. The summed E-state index contributed by atoms with van der Waals surface area (Å²) in [5.41, 5.74) is 3.27. The maximum Gasteiger partial charge on any atom is 0.417 e. The first-order valence-electron chi connectivity index (χ1n) is 9.95. The number of carbonyl (C=O) groups is 2. The van der Waals surface area contributed by atoms with Crippen LogP contribution >= 0.6 is 11.8 Å². The molecule has 170 valence electrons. The van der Waals surface area contributed by atoms with Gasteiger partial charge in [0.05, 0.1) is 11.3 Å². The minimum absolute atomic E-state index is 0.112. The third-order valence-electron chi connectivity index (χ3n) is 5.19. The van der Waals surface area contributed by atoms with Crippen molar-refractivity contribution in [2.75, 3.05) is 22.7 Å². The molecule has 0 aliphatic carbocycles. The Morgan fingerprint density at radius 1 is 1.09 bits per heavy atom. The van der Waals surface area contributed by atoms with Crippen molar-refractivity contribution in [1.29, 1.82) is 0 Å². The van der Waals surface area contributed by atoms with Gasteiger partial charge < -0.3 is 0 Å². The molecular weight excluding hydrogens is 453 g/mol. The van der Waals surface area contributed by atoms with E-state index in [1.807, 2.05) is 0 Å². The van der Waals surface area contributed by atoms with E-state index in [1.54, 1.807) is 36.6 Å². The van der Waals surface area contributed by atoms with Crippen molar-refractivity contribution < 1.29 is 22.8 Å². The second-order valence-corrected chi connectivity index (χ2v) is 8.06. The quantitative estimate of drug-likeness (QED) is 0.423. The summed E-state index contributed by atoms with van der Waals surface area (Å²) in [6, 6.07) is 13.2. The number of carbonyl (C=O) groups excluding carboxylic acids is 2. The summed E-state index contributed by atoms with van der Waals surface area (Å²) in [6.07, 6.45) is 0.332. The monoisotopic (exact) mass is 472 g/mol. The summed E-state index contributed by atoms with van der Waals surface area (Å²) >= 11 is 1.01. The Morgan fingerprint density at radius 3 is 2.42 bits per heavy atom. The number of fused-ring (bicyclic) bond motifs is 1. The number of para-hydroxylation sites is 1. The van der Waals surface area contributed by atoms with E-state index < -0.39 is 23.7 Å². The molecule has 1 aromatic heterocycles. The van der Waals surface area contributed by atoms with Crippen LogP contribution in [0.5, 0.6) is 0 Å². The third-order valence-corrected chi connectivity index (χ3v) is 5.97. The van der Waals surface area contributed by atoms with Crippen LogP contribution in [0.4, 0.5) is 29.3 Å². The predicted octanol–water partition coefficient (Wildman–Crippen LogP) is 5.16. The molecule has 1 N–H and O–H groups in total. The molecule has 0 unspecified atom stereocenters. The molecule has 0 saturated carbocycles. The molecule has 0 atom stereocenters. The molecule has 2 aromatic carbocycles. The smallest absolute Gasteiger partial charge is 0.292 e. The number of rotatable bonds is 3. The van der Waals surface area contributed by atoms with Crippen LogP contribution < -0.4 is 15.3 Å². The maximum atomic E-state index is 13.6. The van der Waals surface area contributed by atoms with E-state index in [1.165, 1.54) is 35.5 Å². The van der Waals surface area contributed by atoms with Gasteiger partial charge in [-0.25, -0.2) is 9.80 Å². The number of anilines is 2. The number of thioether (sulfide) groups is 1. The van der Waals surface area contributed by atoms with Crippen molar-refractivity contribution in [3.05, 3.63) is 83.7 Å². The van der Waals surface area contributed by atoms with Gasteiger partial charge in [-0.3, -0.25) is 20.1 Å². The molecular formula is C23H19F3N4O2S. The normalized spacial score (nSPS) is 12.9. The van der Waals surface area contributed by atoms with Crippen LogP contribution in [0.15, 0.2) is 71.9 Å². The maximum absolute atomic E-state index is 13.6. The Labute approximate surface area is 192 Å². The van der Waals surface area contributed by atoms with Crippen molar-refractivity contribution in [3.8, 4) is 0 Å². The average Bonchev–Trinajstić information content (AvgIpc) is 3.24. The Balaban J connectivity index is 1.70. The van der Waals surface area contributed by atoms with Gasteiger partial charge in [-0.05, 0) is 54.6 Å². The largest absolute Gasteiger partial charge is 0.417 e. The first-order chi connectivity index (χ1) is 15.8. The topological polar surface area (TPSA) is 65.5 Å². The fraction of sp³-hybridized carbons (Fsp3) is 0.174. The van der Waals surface area contributed by atoms with Gasteiger partial charge in [-0.2, -0.15) is 13.2 Å². The zero-order valence-corrected chi connectivity index (χ0v) is 18.3. The summed E-state index contributed by atoms with van der Waals surface area (Å²) in [4.78, 5) is 31.5. The molecule has 10 heteroatoms. The second-order valence-electron chi connectivity index (χ2n) is 7.21. The van der Waals surface area contributed by atoms with Gasteiger partial charge in [0.25, 0.3) is 5.91 Å². The molecule has 0 bridgehead atoms. The van der Waals surface area contributed by atoms with Gasteiger partial charge in [0, 0.05) is 35.1 Å². The molecule has 6 nitrogen and oxygen atoms in total. The van der Waals surface area contributed by atoms with E-state index in [0.717, 1.165) is 22.8 Å². The molecule has 0 fully saturated rings. The van der Waals surface area contributed by atoms with Crippen molar-refractivity contribution in [3.63, 3.8) is 0 Å². The van der Waals surface area contributed by atoms with Gasteiger partial charge in [0.15, 0.2) is 0 Å². The Morgan fingerprint density at radius 2 is 1.79 bits per heavy atom. The Kier molecular flexibility index (Phi) is 6.28. The standard InChI is InChI=1S/C23H19F3N4O2S/c1-33-20-13-16-9-12-29(19(16)14-18(20)23(24,25)26)22(32)30(17-5-3-2-4-6-17)28-21(31)15-7-10-27-11-8-15/h2-8,10-11,13-14H,9,12H2,1H3,(H,28,31). The molecule has 0 saturated heterocycles. The molecule has 0 spiro atoms. The number of aromatic nitrogens is 1. The summed E-state index contributed by atoms with van der Waals surface area (Å²) in [6.45, 7) is 0.192. The second kappa shape index (κ2) is 9.14. The van der Waals surface area contributed by atoms with Crippen molar-refractivity contribution >= 4 is 35.1 Å². The molecule has 0 radical (unpaired) electrons. The fourth-order valence-electron chi connectivity index (χ4n) is 3.59. The van der Waals surface area contributed by atoms with Crippen molar-refractivity contribution in [2.24, 2.45) is 0 Å². The first kappa shape index (κ1) is 22.7. The molecule has 3 aromatic rings. The number of urea groups is 1. The number of benzene rings is 2. The van der Waals surface area contributed by atoms with Crippen LogP contribution in [0.25, 0.3) is 0 Å². The summed E-state index contributed by atoms with van der Waals surface area (Å²) in [5, 5.41) is 1.05. The third kappa shape index (κ3) is 4.65. The van der Waals surface area contributed by atoms with E-state index in [-0.39, 0.29) is 22.7 Å². The lowest BCUT2D eigenvalue weighted by Crippen LogP contribution is -2.52. The molecule has 2 heterocycles. The summed E-state index contributed by atoms with van der Waals surface area (Å²) in [5.74, 6) is -0.553. The van der Waals surface area contributed by atoms with Gasteiger partial charge >= 0.3 is 12.2 Å². The number of hydrogen-bond acceptors (Lipinski definition) is 4. The summed E-state index contributed by atoms with van der Waals surface area (Å²) < 4.78 is 40.9. The van der Waals surface area contributed by atoms with Crippen LogP contribution in [0.2, 0.25) is 0 Å². The Bertz CT molecular complexity index is 1170. The molecule has 1 aliphatic rings. The van der Waals surface area contributed by atoms with Crippen molar-refractivity contribution in [1.82, 2.24) is 10.4 Å². The van der Waals surface area contributed by atoms with Gasteiger partial charge in [0.2, 0.25) is 0 Å². The zero-order valence-electron chi connectivity index (χ0n) is 17.5. The Hall–Kier alpha value is -3.53.